The zero-order chi connectivity index (χ0) is 14.6. The molecule has 7 heteroatoms. The molecule has 1 amide bonds. The standard InChI is InChI=1S/C12H19ClN4O2/c1-7(19-12(2,3)4)9(10(14)18)16-8-5-6-15-11(13)17-8/h5-7,9H,1-4H3,(H2,14,18)(H,15,16,17)/t7-,9+/m1/s1. The summed E-state index contributed by atoms with van der Waals surface area (Å²) >= 11 is 5.68. The molecule has 2 atom stereocenters. The average Bonchev–Trinajstić information content (AvgIpc) is 2.23. The molecule has 0 saturated carbocycles. The van der Waals surface area contributed by atoms with Gasteiger partial charge in [0.1, 0.15) is 11.9 Å². The summed E-state index contributed by atoms with van der Waals surface area (Å²) in [6.07, 6.45) is 1.08. The lowest BCUT2D eigenvalue weighted by Gasteiger charge is -2.30. The first kappa shape index (κ1) is 15.7. The summed E-state index contributed by atoms with van der Waals surface area (Å²) < 4.78 is 5.72. The summed E-state index contributed by atoms with van der Waals surface area (Å²) in [6.45, 7) is 7.49. The Morgan fingerprint density at radius 1 is 1.53 bits per heavy atom. The van der Waals surface area contributed by atoms with Gasteiger partial charge in [-0.1, -0.05) is 0 Å². The molecule has 3 N–H and O–H groups in total. The summed E-state index contributed by atoms with van der Waals surface area (Å²) in [4.78, 5) is 19.2. The molecular weight excluding hydrogens is 268 g/mol. The predicted octanol–water partition coefficient (Wildman–Crippen LogP) is 1.60. The molecule has 0 spiro atoms. The van der Waals surface area contributed by atoms with Crippen molar-refractivity contribution in [2.24, 2.45) is 5.73 Å². The lowest BCUT2D eigenvalue weighted by Crippen LogP contribution is -2.47. The molecule has 1 heterocycles. The van der Waals surface area contributed by atoms with Crippen LogP contribution in [0, 0.1) is 0 Å². The molecule has 0 aliphatic heterocycles. The number of halogens is 1. The molecule has 6 nitrogen and oxygen atoms in total. The molecule has 0 saturated heterocycles. The Morgan fingerprint density at radius 3 is 2.63 bits per heavy atom. The van der Waals surface area contributed by atoms with Crippen LogP contribution < -0.4 is 11.1 Å². The maximum Gasteiger partial charge on any atom is 0.242 e. The van der Waals surface area contributed by atoms with E-state index < -0.39 is 18.1 Å². The molecule has 0 unspecified atom stereocenters. The minimum absolute atomic E-state index is 0.0950. The maximum absolute atomic E-state index is 11.5. The van der Waals surface area contributed by atoms with Gasteiger partial charge >= 0.3 is 0 Å². The zero-order valence-electron chi connectivity index (χ0n) is 11.5. The van der Waals surface area contributed by atoms with E-state index in [-0.39, 0.29) is 10.9 Å². The normalized spacial score (nSPS) is 14.8. The van der Waals surface area contributed by atoms with Gasteiger partial charge in [0, 0.05) is 6.20 Å². The quantitative estimate of drug-likeness (QED) is 0.803. The molecule has 0 bridgehead atoms. The van der Waals surface area contributed by atoms with Crippen molar-refractivity contribution >= 4 is 23.3 Å². The van der Waals surface area contributed by atoms with Gasteiger partial charge in [0.05, 0.1) is 11.7 Å². The monoisotopic (exact) mass is 286 g/mol. The molecular formula is C12H19ClN4O2. The molecule has 106 valence electrons. The predicted molar refractivity (Wildman–Crippen MR) is 73.9 cm³/mol. The number of carbonyl (C=O) groups excluding carboxylic acids is 1. The first-order valence-corrected chi connectivity index (χ1v) is 6.29. The lowest BCUT2D eigenvalue weighted by atomic mass is 10.1. The number of nitrogens with one attached hydrogen (secondary N) is 1. The summed E-state index contributed by atoms with van der Waals surface area (Å²) in [5.74, 6) is -0.0976. The minimum atomic E-state index is -0.704. The van der Waals surface area contributed by atoms with Gasteiger partial charge in [-0.25, -0.2) is 9.97 Å². The van der Waals surface area contributed by atoms with Crippen LogP contribution in [0.4, 0.5) is 5.82 Å². The van der Waals surface area contributed by atoms with Crippen molar-refractivity contribution in [1.82, 2.24) is 9.97 Å². The van der Waals surface area contributed by atoms with Crippen molar-refractivity contribution in [2.75, 3.05) is 5.32 Å². The number of carbonyl (C=O) groups is 1. The Balaban J connectivity index is 2.81. The summed E-state index contributed by atoms with van der Waals surface area (Å²) in [5.41, 5.74) is 5.01. The largest absolute Gasteiger partial charge is 0.370 e. The topological polar surface area (TPSA) is 90.1 Å². The van der Waals surface area contributed by atoms with E-state index >= 15 is 0 Å². The highest BCUT2D eigenvalue weighted by molar-refractivity contribution is 6.28. The molecule has 1 aromatic rings. The van der Waals surface area contributed by atoms with Gasteiger partial charge < -0.3 is 15.8 Å². The summed E-state index contributed by atoms with van der Waals surface area (Å²) in [5, 5.41) is 3.00. The first-order chi connectivity index (χ1) is 8.69. The van der Waals surface area contributed by atoms with Crippen molar-refractivity contribution in [3.05, 3.63) is 17.5 Å². The van der Waals surface area contributed by atoms with Gasteiger partial charge in [-0.2, -0.15) is 0 Å². The average molecular weight is 287 g/mol. The number of nitrogens with two attached hydrogens (primary N) is 1. The third-order valence-corrected chi connectivity index (χ3v) is 2.43. The summed E-state index contributed by atoms with van der Waals surface area (Å²) in [6, 6.07) is 0.899. The number of ether oxygens (including phenoxy) is 1. The molecule has 0 aliphatic carbocycles. The highest BCUT2D eigenvalue weighted by Crippen LogP contribution is 2.16. The van der Waals surface area contributed by atoms with Crippen LogP contribution in [0.2, 0.25) is 5.28 Å². The fraction of sp³-hybridized carbons (Fsp3) is 0.583. The third kappa shape index (κ3) is 5.40. The van der Waals surface area contributed by atoms with Crippen LogP contribution >= 0.6 is 11.6 Å². The van der Waals surface area contributed by atoms with Gasteiger partial charge in [-0.05, 0) is 45.4 Å². The van der Waals surface area contributed by atoms with Gasteiger partial charge in [0.25, 0.3) is 0 Å². The number of nitrogens with zero attached hydrogens (tertiary/aromatic N) is 2. The number of aromatic nitrogens is 2. The zero-order valence-corrected chi connectivity index (χ0v) is 12.2. The van der Waals surface area contributed by atoms with E-state index in [4.69, 9.17) is 22.1 Å². The second-order valence-electron chi connectivity index (χ2n) is 5.17. The number of amides is 1. The molecule has 0 aliphatic rings. The van der Waals surface area contributed by atoms with E-state index in [0.29, 0.717) is 5.82 Å². The van der Waals surface area contributed by atoms with Crippen LogP contribution in [0.5, 0.6) is 0 Å². The van der Waals surface area contributed by atoms with Crippen LogP contribution in [0.3, 0.4) is 0 Å². The Morgan fingerprint density at radius 2 is 2.16 bits per heavy atom. The Kier molecular flexibility index (Phi) is 5.08. The van der Waals surface area contributed by atoms with E-state index in [0.717, 1.165) is 0 Å². The van der Waals surface area contributed by atoms with Crippen LogP contribution in [0.1, 0.15) is 27.7 Å². The van der Waals surface area contributed by atoms with Crippen LogP contribution in [0.15, 0.2) is 12.3 Å². The van der Waals surface area contributed by atoms with Crippen molar-refractivity contribution in [3.8, 4) is 0 Å². The Labute approximate surface area is 117 Å². The van der Waals surface area contributed by atoms with Gasteiger partial charge in [0.15, 0.2) is 0 Å². The molecule has 1 aromatic heterocycles. The van der Waals surface area contributed by atoms with Crippen molar-refractivity contribution < 1.29 is 9.53 Å². The van der Waals surface area contributed by atoms with Crippen LogP contribution in [0.25, 0.3) is 0 Å². The highest BCUT2D eigenvalue weighted by Gasteiger charge is 2.27. The maximum atomic E-state index is 11.5. The Bertz CT molecular complexity index is 448. The minimum Gasteiger partial charge on any atom is -0.370 e. The fourth-order valence-corrected chi connectivity index (χ4v) is 1.77. The van der Waals surface area contributed by atoms with Crippen LogP contribution in [-0.4, -0.2) is 33.6 Å². The van der Waals surface area contributed by atoms with Crippen molar-refractivity contribution in [3.63, 3.8) is 0 Å². The van der Waals surface area contributed by atoms with E-state index in [9.17, 15) is 4.79 Å². The van der Waals surface area contributed by atoms with E-state index in [1.54, 1.807) is 13.0 Å². The number of primary amides is 1. The second kappa shape index (κ2) is 6.16. The number of hydrogen-bond donors (Lipinski definition) is 2. The lowest BCUT2D eigenvalue weighted by molar-refractivity contribution is -0.125. The smallest absolute Gasteiger partial charge is 0.242 e. The Hall–Kier alpha value is -1.40. The molecule has 19 heavy (non-hydrogen) atoms. The number of anilines is 1. The van der Waals surface area contributed by atoms with E-state index in [1.165, 1.54) is 6.20 Å². The summed E-state index contributed by atoms with van der Waals surface area (Å²) in [7, 11) is 0. The van der Waals surface area contributed by atoms with Gasteiger partial charge in [-0.3, -0.25) is 4.79 Å². The first-order valence-electron chi connectivity index (χ1n) is 5.91. The molecule has 1 rings (SSSR count). The van der Waals surface area contributed by atoms with Gasteiger partial charge in [-0.15, -0.1) is 0 Å². The molecule has 0 aromatic carbocycles. The van der Waals surface area contributed by atoms with Crippen molar-refractivity contribution in [1.29, 1.82) is 0 Å². The van der Waals surface area contributed by atoms with E-state index in [2.05, 4.69) is 15.3 Å². The van der Waals surface area contributed by atoms with Gasteiger partial charge in [0.2, 0.25) is 11.2 Å². The highest BCUT2D eigenvalue weighted by atomic mass is 35.5. The fourth-order valence-electron chi connectivity index (χ4n) is 1.62. The van der Waals surface area contributed by atoms with Crippen LogP contribution in [-0.2, 0) is 9.53 Å². The molecule has 0 fully saturated rings. The SMILES string of the molecule is C[C@@H](OC(C)(C)C)[C@H](Nc1ccnc(Cl)n1)C(N)=O. The van der Waals surface area contributed by atoms with E-state index in [1.807, 2.05) is 20.8 Å². The number of rotatable bonds is 5. The number of hydrogen-bond acceptors (Lipinski definition) is 5. The molecule has 0 radical (unpaired) electrons. The third-order valence-electron chi connectivity index (χ3n) is 2.24. The van der Waals surface area contributed by atoms with Crippen molar-refractivity contribution in [2.45, 2.75) is 45.4 Å². The second-order valence-corrected chi connectivity index (χ2v) is 5.51.